The number of carbonyl (C=O) groups excluding carboxylic acids is 1. The van der Waals surface area contributed by atoms with Gasteiger partial charge in [-0.25, -0.2) is 0 Å². The topological polar surface area (TPSA) is 26.3 Å². The van der Waals surface area contributed by atoms with Gasteiger partial charge in [0, 0.05) is 13.0 Å². The van der Waals surface area contributed by atoms with Crippen LogP contribution in [0.25, 0.3) is 0 Å². The van der Waals surface area contributed by atoms with Crippen molar-refractivity contribution >= 4 is 5.78 Å². The number of carbonyl (C=O) groups is 1. The van der Waals surface area contributed by atoms with Gasteiger partial charge in [0.15, 0.2) is 5.78 Å². The third kappa shape index (κ3) is 3.16. The van der Waals surface area contributed by atoms with Crippen LogP contribution >= 0.6 is 0 Å². The van der Waals surface area contributed by atoms with Crippen molar-refractivity contribution in [2.24, 2.45) is 5.92 Å². The fourth-order valence-electron chi connectivity index (χ4n) is 2.45. The molecule has 1 heterocycles. The Morgan fingerprint density at radius 2 is 2.20 bits per heavy atom. The Hall–Kier alpha value is -0.630. The second kappa shape index (κ2) is 5.45. The fraction of sp³-hybridized carbons (Fsp3) is 0.769. The molecule has 0 spiro atoms. The first-order valence-corrected chi connectivity index (χ1v) is 6.15. The molecule has 15 heavy (non-hydrogen) atoms. The van der Waals surface area contributed by atoms with Crippen LogP contribution in [0.1, 0.15) is 44.9 Å². The van der Waals surface area contributed by atoms with Crippen molar-refractivity contribution in [2.45, 2.75) is 51.0 Å². The van der Waals surface area contributed by atoms with Gasteiger partial charge in [0.1, 0.15) is 6.10 Å². The van der Waals surface area contributed by atoms with Crippen molar-refractivity contribution in [3.05, 3.63) is 12.2 Å². The molecule has 0 aromatic rings. The van der Waals surface area contributed by atoms with Crippen LogP contribution in [0.2, 0.25) is 0 Å². The van der Waals surface area contributed by atoms with Gasteiger partial charge in [-0.2, -0.15) is 0 Å². The highest BCUT2D eigenvalue weighted by atomic mass is 16.5. The van der Waals surface area contributed by atoms with Gasteiger partial charge in [-0.3, -0.25) is 4.79 Å². The van der Waals surface area contributed by atoms with E-state index in [9.17, 15) is 4.79 Å². The molecular formula is C13H20O2. The molecule has 2 heteroatoms. The van der Waals surface area contributed by atoms with Gasteiger partial charge in [-0.05, 0) is 44.4 Å². The summed E-state index contributed by atoms with van der Waals surface area (Å²) in [6.45, 7) is 0.779. The molecule has 2 nitrogen and oxygen atoms in total. The lowest BCUT2D eigenvalue weighted by Crippen LogP contribution is -2.29. The lowest BCUT2D eigenvalue weighted by Gasteiger charge is -2.24. The maximum atomic E-state index is 11.9. The molecule has 0 aromatic carbocycles. The van der Waals surface area contributed by atoms with Crippen molar-refractivity contribution in [1.82, 2.24) is 0 Å². The zero-order valence-corrected chi connectivity index (χ0v) is 9.28. The molecular weight excluding hydrogens is 188 g/mol. The van der Waals surface area contributed by atoms with E-state index in [4.69, 9.17) is 4.74 Å². The molecule has 0 bridgehead atoms. The zero-order chi connectivity index (χ0) is 10.5. The van der Waals surface area contributed by atoms with E-state index < -0.39 is 0 Å². The lowest BCUT2D eigenvalue weighted by molar-refractivity contribution is -0.134. The number of Topliss-reactive ketones (excluding diaryl/α,β-unsaturated/α-hetero) is 1. The molecule has 0 saturated carbocycles. The fourth-order valence-corrected chi connectivity index (χ4v) is 2.45. The number of ether oxygens (including phenoxy) is 1. The van der Waals surface area contributed by atoms with Crippen LogP contribution in [0.4, 0.5) is 0 Å². The van der Waals surface area contributed by atoms with Crippen LogP contribution in [0.5, 0.6) is 0 Å². The predicted molar refractivity (Wildman–Crippen MR) is 59.7 cm³/mol. The summed E-state index contributed by atoms with van der Waals surface area (Å²) in [5.74, 6) is 0.919. The quantitative estimate of drug-likeness (QED) is 0.667. The number of hydrogen-bond donors (Lipinski definition) is 0. The SMILES string of the molecule is O=C(CC1CC=CCC1)C1CCCCO1. The Bertz CT molecular complexity index is 239. The van der Waals surface area contributed by atoms with E-state index in [0.29, 0.717) is 11.7 Å². The first-order valence-electron chi connectivity index (χ1n) is 6.15. The molecule has 2 aliphatic rings. The number of hydrogen-bond acceptors (Lipinski definition) is 2. The Labute approximate surface area is 91.7 Å². The molecule has 0 amide bonds. The van der Waals surface area contributed by atoms with Crippen molar-refractivity contribution in [3.63, 3.8) is 0 Å². The summed E-state index contributed by atoms with van der Waals surface area (Å²) in [5, 5.41) is 0. The van der Waals surface area contributed by atoms with Crippen LogP contribution in [-0.4, -0.2) is 18.5 Å². The van der Waals surface area contributed by atoms with E-state index in [2.05, 4.69) is 12.2 Å². The lowest BCUT2D eigenvalue weighted by atomic mass is 9.88. The Balaban J connectivity index is 1.77. The molecule has 0 aromatic heterocycles. The highest BCUT2D eigenvalue weighted by Crippen LogP contribution is 2.24. The van der Waals surface area contributed by atoms with Gasteiger partial charge >= 0.3 is 0 Å². The first kappa shape index (κ1) is 10.9. The van der Waals surface area contributed by atoms with E-state index in [1.165, 1.54) is 6.42 Å². The molecule has 0 N–H and O–H groups in total. The maximum absolute atomic E-state index is 11.9. The number of rotatable bonds is 3. The second-order valence-electron chi connectivity index (χ2n) is 4.68. The maximum Gasteiger partial charge on any atom is 0.161 e. The Kier molecular flexibility index (Phi) is 3.95. The minimum Gasteiger partial charge on any atom is -0.370 e. The molecule has 1 fully saturated rings. The Morgan fingerprint density at radius 1 is 1.27 bits per heavy atom. The van der Waals surface area contributed by atoms with E-state index in [1.54, 1.807) is 0 Å². The summed E-state index contributed by atoms with van der Waals surface area (Å²) < 4.78 is 5.51. The monoisotopic (exact) mass is 208 g/mol. The highest BCUT2D eigenvalue weighted by Gasteiger charge is 2.24. The van der Waals surface area contributed by atoms with Crippen LogP contribution in [0.15, 0.2) is 12.2 Å². The summed E-state index contributed by atoms with van der Waals surface area (Å²) in [7, 11) is 0. The van der Waals surface area contributed by atoms with E-state index in [0.717, 1.165) is 45.1 Å². The first-order chi connectivity index (χ1) is 7.36. The molecule has 2 rings (SSSR count). The van der Waals surface area contributed by atoms with E-state index in [1.807, 2.05) is 0 Å². The minimum absolute atomic E-state index is 0.0790. The summed E-state index contributed by atoms with van der Waals surface area (Å²) in [6, 6.07) is 0. The second-order valence-corrected chi connectivity index (χ2v) is 4.68. The van der Waals surface area contributed by atoms with E-state index in [-0.39, 0.29) is 6.10 Å². The summed E-state index contributed by atoms with van der Waals surface area (Å²) in [5.41, 5.74) is 0. The van der Waals surface area contributed by atoms with Gasteiger partial charge in [0.25, 0.3) is 0 Å². The molecule has 1 aliphatic heterocycles. The molecule has 2 unspecified atom stereocenters. The number of ketones is 1. The smallest absolute Gasteiger partial charge is 0.161 e. The normalized spacial score (nSPS) is 31.5. The van der Waals surface area contributed by atoms with Crippen LogP contribution in [0, 0.1) is 5.92 Å². The predicted octanol–water partition coefficient (Wildman–Crippen LogP) is 2.87. The van der Waals surface area contributed by atoms with Crippen molar-refractivity contribution in [2.75, 3.05) is 6.61 Å². The van der Waals surface area contributed by atoms with Crippen molar-refractivity contribution in [1.29, 1.82) is 0 Å². The summed E-state index contributed by atoms with van der Waals surface area (Å²) in [4.78, 5) is 11.9. The molecule has 1 aliphatic carbocycles. The average Bonchev–Trinajstić information content (AvgIpc) is 2.31. The third-order valence-electron chi connectivity index (χ3n) is 3.41. The van der Waals surface area contributed by atoms with Crippen LogP contribution < -0.4 is 0 Å². The minimum atomic E-state index is -0.0790. The van der Waals surface area contributed by atoms with Crippen molar-refractivity contribution < 1.29 is 9.53 Å². The van der Waals surface area contributed by atoms with Crippen molar-refractivity contribution in [3.8, 4) is 0 Å². The molecule has 84 valence electrons. The van der Waals surface area contributed by atoms with Gasteiger partial charge in [-0.15, -0.1) is 0 Å². The Morgan fingerprint density at radius 3 is 2.87 bits per heavy atom. The highest BCUT2D eigenvalue weighted by molar-refractivity contribution is 5.83. The third-order valence-corrected chi connectivity index (χ3v) is 3.41. The summed E-state index contributed by atoms with van der Waals surface area (Å²) in [6.07, 6.45) is 11.7. The van der Waals surface area contributed by atoms with Crippen LogP contribution in [-0.2, 0) is 9.53 Å². The molecule has 0 radical (unpaired) electrons. The van der Waals surface area contributed by atoms with Gasteiger partial charge < -0.3 is 4.74 Å². The molecule has 1 saturated heterocycles. The standard InChI is InChI=1S/C13H20O2/c14-12(13-8-4-5-9-15-13)10-11-6-2-1-3-7-11/h1-2,11,13H,3-10H2. The van der Waals surface area contributed by atoms with Gasteiger partial charge in [0.05, 0.1) is 0 Å². The van der Waals surface area contributed by atoms with Gasteiger partial charge in [-0.1, -0.05) is 12.2 Å². The molecule has 2 atom stereocenters. The summed E-state index contributed by atoms with van der Waals surface area (Å²) >= 11 is 0. The largest absolute Gasteiger partial charge is 0.370 e. The average molecular weight is 208 g/mol. The zero-order valence-electron chi connectivity index (χ0n) is 9.28. The van der Waals surface area contributed by atoms with Gasteiger partial charge in [0.2, 0.25) is 0 Å². The van der Waals surface area contributed by atoms with Crippen LogP contribution in [0.3, 0.4) is 0 Å². The van der Waals surface area contributed by atoms with E-state index >= 15 is 0 Å². The number of allylic oxidation sites excluding steroid dienone is 2.